The van der Waals surface area contributed by atoms with Crippen molar-refractivity contribution >= 4 is 33.1 Å². The fraction of sp³-hybridized carbons (Fsp3) is 0.458. The Hall–Kier alpha value is -2.34. The third-order valence-electron chi connectivity index (χ3n) is 5.71. The number of aryl methyl sites for hydroxylation is 2. The molecule has 1 aliphatic rings. The van der Waals surface area contributed by atoms with Crippen LogP contribution in [0.5, 0.6) is 0 Å². The fourth-order valence-corrected chi connectivity index (χ4v) is 4.50. The number of aliphatic imine (C=N–C) groups is 1. The Morgan fingerprint density at radius 1 is 1.10 bits per heavy atom. The van der Waals surface area contributed by atoms with Crippen LogP contribution in [-0.4, -0.2) is 48.9 Å². The third kappa shape index (κ3) is 5.42. The van der Waals surface area contributed by atoms with Gasteiger partial charge in [0.1, 0.15) is 0 Å². The first-order chi connectivity index (χ1) is 14.2. The topological polar surface area (TPSA) is 48.3 Å². The van der Waals surface area contributed by atoms with Crippen molar-refractivity contribution in [1.82, 2.24) is 4.90 Å². The zero-order valence-electron chi connectivity index (χ0n) is 19.1. The van der Waals surface area contributed by atoms with Crippen LogP contribution >= 0.6 is 0 Å². The molecule has 1 aliphatic carbocycles. The molecule has 0 heterocycles. The lowest BCUT2D eigenvalue weighted by Crippen LogP contribution is -2.14. The number of anilines is 2. The lowest BCUT2D eigenvalue weighted by Gasteiger charge is -2.23. The summed E-state index contributed by atoms with van der Waals surface area (Å²) in [4.78, 5) is 9.64. The van der Waals surface area contributed by atoms with Crippen molar-refractivity contribution in [2.75, 3.05) is 38.3 Å². The van der Waals surface area contributed by atoms with Gasteiger partial charge in [-0.3, -0.25) is 0 Å². The van der Waals surface area contributed by atoms with Crippen molar-refractivity contribution in [3.8, 4) is 0 Å². The van der Waals surface area contributed by atoms with Gasteiger partial charge in [0.25, 0.3) is 0 Å². The monoisotopic (exact) mass is 426 g/mol. The first-order valence-electron chi connectivity index (χ1n) is 10.6. The predicted molar refractivity (Wildman–Crippen MR) is 129 cm³/mol. The van der Waals surface area contributed by atoms with Gasteiger partial charge in [0.05, 0.1) is 28.3 Å². The van der Waals surface area contributed by atoms with Gasteiger partial charge in [-0.2, -0.15) is 0 Å². The van der Waals surface area contributed by atoms with Gasteiger partial charge in [0.15, 0.2) is 0 Å². The highest BCUT2D eigenvalue weighted by atomic mass is 32.2. The van der Waals surface area contributed by atoms with E-state index in [1.165, 1.54) is 12.8 Å². The SMILES string of the molecule is CCN(C)/C=N\c1cc(C)c(N(C)c2ccc(S(C)(=O)=NCC3CC3)cc2)cc1C. The Morgan fingerprint density at radius 2 is 1.77 bits per heavy atom. The van der Waals surface area contributed by atoms with E-state index in [1.807, 2.05) is 37.7 Å². The molecule has 0 aliphatic heterocycles. The Labute approximate surface area is 182 Å². The molecule has 0 spiro atoms. The van der Waals surface area contributed by atoms with Crippen molar-refractivity contribution in [2.24, 2.45) is 15.3 Å². The molecule has 6 heteroatoms. The van der Waals surface area contributed by atoms with Crippen molar-refractivity contribution in [3.63, 3.8) is 0 Å². The minimum Gasteiger partial charge on any atom is -0.366 e. The summed E-state index contributed by atoms with van der Waals surface area (Å²) in [5, 5.41) is 0. The normalized spacial score (nSPS) is 15.8. The van der Waals surface area contributed by atoms with Gasteiger partial charge in [-0.25, -0.2) is 13.6 Å². The quantitative estimate of drug-likeness (QED) is 0.411. The largest absolute Gasteiger partial charge is 0.366 e. The molecule has 2 aromatic carbocycles. The Morgan fingerprint density at radius 3 is 2.37 bits per heavy atom. The van der Waals surface area contributed by atoms with Crippen LogP contribution in [0.25, 0.3) is 0 Å². The molecule has 3 rings (SSSR count). The molecule has 1 fully saturated rings. The highest BCUT2D eigenvalue weighted by Gasteiger charge is 2.21. The smallest absolute Gasteiger partial charge is 0.0909 e. The summed E-state index contributed by atoms with van der Waals surface area (Å²) in [6, 6.07) is 12.3. The molecule has 0 radical (unpaired) electrons. The van der Waals surface area contributed by atoms with E-state index in [1.54, 1.807) is 6.26 Å². The van der Waals surface area contributed by atoms with Crippen LogP contribution in [-0.2, 0) is 9.73 Å². The molecule has 0 aromatic heterocycles. The van der Waals surface area contributed by atoms with Crippen LogP contribution in [0.1, 0.15) is 30.9 Å². The van der Waals surface area contributed by atoms with Crippen molar-refractivity contribution in [1.29, 1.82) is 0 Å². The molecule has 1 saturated carbocycles. The molecular weight excluding hydrogens is 392 g/mol. The van der Waals surface area contributed by atoms with Crippen molar-refractivity contribution in [3.05, 3.63) is 47.5 Å². The molecule has 2 aromatic rings. The summed E-state index contributed by atoms with van der Waals surface area (Å²) < 4.78 is 17.4. The zero-order valence-corrected chi connectivity index (χ0v) is 19.9. The second kappa shape index (κ2) is 9.21. The lowest BCUT2D eigenvalue weighted by molar-refractivity contribution is 0.552. The van der Waals surface area contributed by atoms with E-state index in [2.05, 4.69) is 59.1 Å². The minimum absolute atomic E-state index is 0.650. The van der Waals surface area contributed by atoms with E-state index in [0.29, 0.717) is 5.92 Å². The molecule has 0 amide bonds. The van der Waals surface area contributed by atoms with E-state index < -0.39 is 9.73 Å². The molecule has 0 N–H and O–H groups in total. The van der Waals surface area contributed by atoms with E-state index in [9.17, 15) is 4.21 Å². The molecule has 1 atom stereocenters. The van der Waals surface area contributed by atoms with Gasteiger partial charge in [-0.15, -0.1) is 0 Å². The lowest BCUT2D eigenvalue weighted by atomic mass is 10.1. The number of benzene rings is 2. The summed E-state index contributed by atoms with van der Waals surface area (Å²) in [6.07, 6.45) is 6.07. The van der Waals surface area contributed by atoms with Crippen molar-refractivity contribution < 1.29 is 4.21 Å². The van der Waals surface area contributed by atoms with E-state index in [4.69, 9.17) is 0 Å². The molecule has 0 saturated heterocycles. The average molecular weight is 427 g/mol. The third-order valence-corrected chi connectivity index (χ3v) is 7.49. The second-order valence-electron chi connectivity index (χ2n) is 8.35. The van der Waals surface area contributed by atoms with Crippen LogP contribution in [0.2, 0.25) is 0 Å². The van der Waals surface area contributed by atoms with Crippen LogP contribution in [0.3, 0.4) is 0 Å². The molecular formula is C24H34N4OS. The molecule has 162 valence electrons. The van der Waals surface area contributed by atoms with Crippen molar-refractivity contribution in [2.45, 2.75) is 38.5 Å². The van der Waals surface area contributed by atoms with E-state index in [0.717, 1.165) is 46.2 Å². The Bertz CT molecular complexity index is 1030. The maximum Gasteiger partial charge on any atom is 0.0909 e. The number of nitrogens with zero attached hydrogens (tertiary/aromatic N) is 4. The summed E-state index contributed by atoms with van der Waals surface area (Å²) in [6.45, 7) is 7.95. The number of hydrogen-bond acceptors (Lipinski definition) is 4. The van der Waals surface area contributed by atoms with Crippen LogP contribution < -0.4 is 4.90 Å². The highest BCUT2D eigenvalue weighted by Crippen LogP contribution is 2.33. The van der Waals surface area contributed by atoms with Gasteiger partial charge in [0.2, 0.25) is 0 Å². The van der Waals surface area contributed by atoms with E-state index in [-0.39, 0.29) is 0 Å². The first kappa shape index (κ1) is 22.3. The summed E-state index contributed by atoms with van der Waals surface area (Å²) >= 11 is 0. The van der Waals surface area contributed by atoms with Gasteiger partial charge >= 0.3 is 0 Å². The highest BCUT2D eigenvalue weighted by molar-refractivity contribution is 7.93. The van der Waals surface area contributed by atoms with Gasteiger partial charge < -0.3 is 9.80 Å². The average Bonchev–Trinajstić information content (AvgIpc) is 3.56. The summed E-state index contributed by atoms with van der Waals surface area (Å²) in [5.41, 5.74) is 5.48. The predicted octanol–water partition coefficient (Wildman–Crippen LogP) is 5.55. The second-order valence-corrected chi connectivity index (χ2v) is 10.7. The Kier molecular flexibility index (Phi) is 6.86. The molecule has 0 bridgehead atoms. The van der Waals surface area contributed by atoms with Crippen LogP contribution in [0.15, 0.2) is 50.6 Å². The standard InChI is InChI=1S/C24H34N4OS/c1-7-27(4)17-25-23-14-19(3)24(15-18(23)2)28(5)21-10-12-22(13-11-21)30(6,29)26-16-20-8-9-20/h10-15,17,20H,7-9,16H2,1-6H3/b25-17-. The van der Waals surface area contributed by atoms with E-state index >= 15 is 0 Å². The molecule has 5 nitrogen and oxygen atoms in total. The maximum absolute atomic E-state index is 12.9. The molecule has 30 heavy (non-hydrogen) atoms. The van der Waals surface area contributed by atoms with Gasteiger partial charge in [-0.1, -0.05) is 0 Å². The van der Waals surface area contributed by atoms with Crippen LogP contribution in [0.4, 0.5) is 17.1 Å². The minimum atomic E-state index is -2.32. The summed E-state index contributed by atoms with van der Waals surface area (Å²) in [5.74, 6) is 0.650. The van der Waals surface area contributed by atoms with Gasteiger partial charge in [0, 0.05) is 43.2 Å². The maximum atomic E-state index is 12.9. The van der Waals surface area contributed by atoms with Crippen LogP contribution in [0, 0.1) is 19.8 Å². The Balaban J connectivity index is 1.81. The zero-order chi connectivity index (χ0) is 21.9. The summed E-state index contributed by atoms with van der Waals surface area (Å²) in [7, 11) is 1.76. The van der Waals surface area contributed by atoms with Gasteiger partial charge in [-0.05, 0) is 87.1 Å². The first-order valence-corrected chi connectivity index (χ1v) is 12.5. The number of rotatable bonds is 8. The molecule has 1 unspecified atom stereocenters. The fourth-order valence-electron chi connectivity index (χ4n) is 3.21. The number of hydrogen-bond donors (Lipinski definition) is 0.